The van der Waals surface area contributed by atoms with Crippen LogP contribution in [0, 0.1) is 5.82 Å². The SMILES string of the molecule is COCCNC(=O)CN(C(C)=O)c1cccc(F)c1. The maximum absolute atomic E-state index is 13.1. The Morgan fingerprint density at radius 2 is 2.16 bits per heavy atom. The number of hydrogen-bond acceptors (Lipinski definition) is 3. The summed E-state index contributed by atoms with van der Waals surface area (Å²) in [6.07, 6.45) is 0. The summed E-state index contributed by atoms with van der Waals surface area (Å²) < 4.78 is 17.9. The lowest BCUT2D eigenvalue weighted by Gasteiger charge is -2.20. The van der Waals surface area contributed by atoms with Crippen LogP contribution in [-0.2, 0) is 14.3 Å². The van der Waals surface area contributed by atoms with Crippen LogP contribution in [0.5, 0.6) is 0 Å². The molecule has 0 aliphatic rings. The molecule has 0 spiro atoms. The van der Waals surface area contributed by atoms with Gasteiger partial charge in [0.05, 0.1) is 6.61 Å². The molecule has 2 amide bonds. The highest BCUT2D eigenvalue weighted by atomic mass is 19.1. The molecule has 19 heavy (non-hydrogen) atoms. The number of anilines is 1. The molecule has 0 atom stereocenters. The Hall–Kier alpha value is -1.95. The van der Waals surface area contributed by atoms with Gasteiger partial charge in [-0.1, -0.05) is 6.07 Å². The number of nitrogens with zero attached hydrogens (tertiary/aromatic N) is 1. The molecular formula is C13H17FN2O3. The molecule has 0 heterocycles. The normalized spacial score (nSPS) is 10.1. The minimum atomic E-state index is -0.455. The van der Waals surface area contributed by atoms with Crippen LogP contribution in [0.25, 0.3) is 0 Å². The third-order valence-corrected chi connectivity index (χ3v) is 2.43. The second-order valence-electron chi connectivity index (χ2n) is 3.93. The molecule has 1 aromatic rings. The number of carbonyl (C=O) groups is 2. The molecule has 0 fully saturated rings. The second-order valence-corrected chi connectivity index (χ2v) is 3.93. The van der Waals surface area contributed by atoms with Crippen molar-refractivity contribution in [2.45, 2.75) is 6.92 Å². The molecule has 0 unspecified atom stereocenters. The first-order chi connectivity index (χ1) is 9.04. The summed E-state index contributed by atoms with van der Waals surface area (Å²) in [5.41, 5.74) is 0.356. The van der Waals surface area contributed by atoms with Gasteiger partial charge in [0.1, 0.15) is 12.4 Å². The Labute approximate surface area is 111 Å². The number of benzene rings is 1. The molecule has 6 heteroatoms. The standard InChI is InChI=1S/C13H17FN2O3/c1-10(17)16(9-13(18)15-6-7-19-2)12-5-3-4-11(14)8-12/h3-5,8H,6-7,9H2,1-2H3,(H,15,18). The predicted molar refractivity (Wildman–Crippen MR) is 69.3 cm³/mol. The summed E-state index contributed by atoms with van der Waals surface area (Å²) in [6, 6.07) is 5.56. The van der Waals surface area contributed by atoms with Crippen molar-refractivity contribution in [3.8, 4) is 0 Å². The molecule has 0 bridgehead atoms. The van der Waals surface area contributed by atoms with E-state index in [1.54, 1.807) is 6.07 Å². The predicted octanol–water partition coefficient (Wildman–Crippen LogP) is 0.941. The number of halogens is 1. The monoisotopic (exact) mass is 268 g/mol. The summed E-state index contributed by atoms with van der Waals surface area (Å²) in [6.45, 7) is 1.94. The summed E-state index contributed by atoms with van der Waals surface area (Å²) in [5, 5.41) is 2.60. The van der Waals surface area contributed by atoms with Crippen LogP contribution in [0.4, 0.5) is 10.1 Å². The Balaban J connectivity index is 2.68. The molecular weight excluding hydrogens is 251 g/mol. The van der Waals surface area contributed by atoms with Gasteiger partial charge in [0, 0.05) is 26.3 Å². The zero-order chi connectivity index (χ0) is 14.3. The first kappa shape index (κ1) is 15.1. The molecule has 104 valence electrons. The van der Waals surface area contributed by atoms with Gasteiger partial charge in [0.15, 0.2) is 0 Å². The van der Waals surface area contributed by atoms with Gasteiger partial charge in [-0.3, -0.25) is 9.59 Å². The maximum Gasteiger partial charge on any atom is 0.240 e. The molecule has 0 aromatic heterocycles. The number of carbonyl (C=O) groups excluding carboxylic acids is 2. The number of methoxy groups -OCH3 is 1. The highest BCUT2D eigenvalue weighted by Gasteiger charge is 2.15. The van der Waals surface area contributed by atoms with Gasteiger partial charge in [-0.2, -0.15) is 0 Å². The quantitative estimate of drug-likeness (QED) is 0.781. The zero-order valence-electron chi connectivity index (χ0n) is 11.0. The van der Waals surface area contributed by atoms with E-state index in [1.807, 2.05) is 0 Å². The number of amides is 2. The Bertz CT molecular complexity index is 451. The van der Waals surface area contributed by atoms with Crippen molar-refractivity contribution < 1.29 is 18.7 Å². The van der Waals surface area contributed by atoms with E-state index in [4.69, 9.17) is 4.74 Å². The van der Waals surface area contributed by atoms with Gasteiger partial charge in [-0.25, -0.2) is 4.39 Å². The first-order valence-electron chi connectivity index (χ1n) is 5.84. The Morgan fingerprint density at radius 1 is 1.42 bits per heavy atom. The van der Waals surface area contributed by atoms with Gasteiger partial charge in [0.25, 0.3) is 0 Å². The number of rotatable bonds is 6. The minimum Gasteiger partial charge on any atom is -0.383 e. The maximum atomic E-state index is 13.1. The van der Waals surface area contributed by atoms with Crippen molar-refractivity contribution in [1.29, 1.82) is 0 Å². The summed E-state index contributed by atoms with van der Waals surface area (Å²) in [7, 11) is 1.53. The molecule has 1 rings (SSSR count). The number of ether oxygens (including phenoxy) is 1. The van der Waals surface area contributed by atoms with Gasteiger partial charge >= 0.3 is 0 Å². The molecule has 5 nitrogen and oxygen atoms in total. The molecule has 0 aliphatic heterocycles. The number of hydrogen-bond donors (Lipinski definition) is 1. The fourth-order valence-corrected chi connectivity index (χ4v) is 1.52. The Morgan fingerprint density at radius 3 is 2.74 bits per heavy atom. The molecule has 1 aromatic carbocycles. The van der Waals surface area contributed by atoms with Crippen LogP contribution < -0.4 is 10.2 Å². The van der Waals surface area contributed by atoms with Gasteiger partial charge in [0.2, 0.25) is 11.8 Å². The second kappa shape index (κ2) is 7.48. The van der Waals surface area contributed by atoms with Crippen molar-refractivity contribution >= 4 is 17.5 Å². The minimum absolute atomic E-state index is 0.150. The van der Waals surface area contributed by atoms with Crippen LogP contribution in [0.3, 0.4) is 0 Å². The van der Waals surface area contributed by atoms with E-state index >= 15 is 0 Å². The molecule has 0 radical (unpaired) electrons. The van der Waals surface area contributed by atoms with E-state index in [0.29, 0.717) is 18.8 Å². The zero-order valence-corrected chi connectivity index (χ0v) is 11.0. The van der Waals surface area contributed by atoms with Crippen molar-refractivity contribution in [1.82, 2.24) is 5.32 Å². The van der Waals surface area contributed by atoms with E-state index in [9.17, 15) is 14.0 Å². The third-order valence-electron chi connectivity index (χ3n) is 2.43. The average Bonchev–Trinajstić information content (AvgIpc) is 2.36. The van der Waals surface area contributed by atoms with Crippen molar-refractivity contribution in [3.63, 3.8) is 0 Å². The third kappa shape index (κ3) is 5.05. The highest BCUT2D eigenvalue weighted by Crippen LogP contribution is 2.15. The van der Waals surface area contributed by atoms with E-state index in [2.05, 4.69) is 5.32 Å². The lowest BCUT2D eigenvalue weighted by atomic mass is 10.2. The first-order valence-corrected chi connectivity index (χ1v) is 5.84. The van der Waals surface area contributed by atoms with E-state index in [-0.39, 0.29) is 18.4 Å². The molecule has 0 saturated heterocycles. The van der Waals surface area contributed by atoms with E-state index in [1.165, 1.54) is 37.1 Å². The Kier molecular flexibility index (Phi) is 5.95. The van der Waals surface area contributed by atoms with Crippen LogP contribution >= 0.6 is 0 Å². The van der Waals surface area contributed by atoms with E-state index in [0.717, 1.165) is 0 Å². The highest BCUT2D eigenvalue weighted by molar-refractivity contribution is 5.97. The fraction of sp³-hybridized carbons (Fsp3) is 0.385. The van der Waals surface area contributed by atoms with E-state index < -0.39 is 5.82 Å². The summed E-state index contributed by atoms with van der Waals surface area (Å²) in [4.78, 5) is 24.4. The largest absolute Gasteiger partial charge is 0.383 e. The number of nitrogens with one attached hydrogen (secondary N) is 1. The van der Waals surface area contributed by atoms with Gasteiger partial charge < -0.3 is 15.0 Å². The van der Waals surface area contributed by atoms with Crippen LogP contribution in [0.15, 0.2) is 24.3 Å². The average molecular weight is 268 g/mol. The van der Waals surface area contributed by atoms with Crippen molar-refractivity contribution in [2.24, 2.45) is 0 Å². The lowest BCUT2D eigenvalue weighted by Crippen LogP contribution is -2.40. The van der Waals surface area contributed by atoms with Crippen molar-refractivity contribution in [3.05, 3.63) is 30.1 Å². The summed E-state index contributed by atoms with van der Waals surface area (Å²) in [5.74, 6) is -1.10. The topological polar surface area (TPSA) is 58.6 Å². The van der Waals surface area contributed by atoms with Crippen LogP contribution in [0.2, 0.25) is 0 Å². The van der Waals surface area contributed by atoms with Gasteiger partial charge in [-0.05, 0) is 18.2 Å². The molecule has 0 saturated carbocycles. The van der Waals surface area contributed by atoms with Gasteiger partial charge in [-0.15, -0.1) is 0 Å². The molecule has 0 aliphatic carbocycles. The van der Waals surface area contributed by atoms with Crippen LogP contribution in [0.1, 0.15) is 6.92 Å². The van der Waals surface area contributed by atoms with Crippen LogP contribution in [-0.4, -0.2) is 38.6 Å². The molecule has 1 N–H and O–H groups in total. The summed E-state index contributed by atoms with van der Waals surface area (Å²) >= 11 is 0. The van der Waals surface area contributed by atoms with Crippen molar-refractivity contribution in [2.75, 3.05) is 31.7 Å². The lowest BCUT2D eigenvalue weighted by molar-refractivity contribution is -0.123. The fourth-order valence-electron chi connectivity index (χ4n) is 1.52. The smallest absolute Gasteiger partial charge is 0.240 e.